The Balaban J connectivity index is 2.29. The summed E-state index contributed by atoms with van der Waals surface area (Å²) in [5, 5.41) is 23.9. The predicted octanol–water partition coefficient (Wildman–Crippen LogP) is 1.51. The molecule has 1 fully saturated rings. The number of ether oxygens (including phenoxy) is 2. The van der Waals surface area contributed by atoms with Gasteiger partial charge in [0.05, 0.1) is 11.5 Å². The third kappa shape index (κ3) is 3.48. The maximum absolute atomic E-state index is 13.1. The summed E-state index contributed by atoms with van der Waals surface area (Å²) in [5.74, 6) is -0.125. The Morgan fingerprint density at radius 3 is 3.00 bits per heavy atom. The van der Waals surface area contributed by atoms with E-state index < -0.39 is 30.5 Å². The van der Waals surface area contributed by atoms with Crippen LogP contribution in [-0.2, 0) is 4.74 Å². The molecule has 1 saturated heterocycles. The largest absolute Gasteiger partial charge is 0.470 e. The van der Waals surface area contributed by atoms with E-state index in [2.05, 4.69) is 5.10 Å². The fraction of sp³-hybridized carbons (Fsp3) is 0.750. The fourth-order valence-corrected chi connectivity index (χ4v) is 2.20. The summed E-state index contributed by atoms with van der Waals surface area (Å²) in [6.07, 6.45) is 0.438. The molecule has 21 heavy (non-hydrogen) atoms. The molecule has 2 atom stereocenters. The van der Waals surface area contributed by atoms with Crippen LogP contribution in [0.5, 0.6) is 5.88 Å². The molecule has 8 nitrogen and oxygen atoms in total. The van der Waals surface area contributed by atoms with Crippen molar-refractivity contribution in [2.24, 2.45) is 0 Å². The van der Waals surface area contributed by atoms with E-state index in [1.807, 2.05) is 0 Å². The maximum atomic E-state index is 13.1. The van der Waals surface area contributed by atoms with Crippen LogP contribution in [0, 0.1) is 17.0 Å². The van der Waals surface area contributed by atoms with Crippen LogP contribution >= 0.6 is 0 Å². The van der Waals surface area contributed by atoms with Crippen LogP contribution in [0.1, 0.15) is 31.2 Å². The van der Waals surface area contributed by atoms with E-state index in [-0.39, 0.29) is 17.3 Å². The fourth-order valence-electron chi connectivity index (χ4n) is 2.20. The molecule has 118 valence electrons. The van der Waals surface area contributed by atoms with Gasteiger partial charge in [0.15, 0.2) is 12.4 Å². The molecular formula is C12H18FN3O5. The van der Waals surface area contributed by atoms with Gasteiger partial charge in [0.2, 0.25) is 0 Å². The summed E-state index contributed by atoms with van der Waals surface area (Å²) in [4.78, 5) is 10.5. The first-order chi connectivity index (χ1) is 10.0. The molecule has 2 rings (SSSR count). The van der Waals surface area contributed by atoms with Crippen molar-refractivity contribution >= 4 is 5.69 Å². The molecule has 0 radical (unpaired) electrons. The predicted molar refractivity (Wildman–Crippen MR) is 69.9 cm³/mol. The summed E-state index contributed by atoms with van der Waals surface area (Å²) >= 11 is 0. The molecule has 0 spiro atoms. The molecule has 1 aliphatic heterocycles. The number of aliphatic hydroxyl groups excluding tert-OH is 1. The Kier molecular flexibility index (Phi) is 5.07. The Morgan fingerprint density at radius 1 is 1.67 bits per heavy atom. The quantitative estimate of drug-likeness (QED) is 0.631. The number of hydrogen-bond acceptors (Lipinski definition) is 6. The van der Waals surface area contributed by atoms with E-state index >= 15 is 0 Å². The van der Waals surface area contributed by atoms with E-state index in [1.165, 1.54) is 11.6 Å². The zero-order valence-corrected chi connectivity index (χ0v) is 11.7. The van der Waals surface area contributed by atoms with Gasteiger partial charge >= 0.3 is 5.69 Å². The summed E-state index contributed by atoms with van der Waals surface area (Å²) in [5.41, 5.74) is -0.113. The highest BCUT2D eigenvalue weighted by Crippen LogP contribution is 2.35. The van der Waals surface area contributed by atoms with Crippen LogP contribution in [0.2, 0.25) is 0 Å². The third-order valence-electron chi connectivity index (χ3n) is 3.22. The molecule has 2 heterocycles. The van der Waals surface area contributed by atoms with Crippen LogP contribution in [0.15, 0.2) is 0 Å². The van der Waals surface area contributed by atoms with Crippen molar-refractivity contribution in [3.8, 4) is 5.88 Å². The Labute approximate surface area is 120 Å². The SMILES string of the molecule is Cc1nn(C2CCCCO2)c(OCC(F)CO)c1[N+](=O)[O-]. The number of aliphatic hydroxyl groups is 1. The molecule has 1 aliphatic rings. The van der Waals surface area contributed by atoms with Gasteiger partial charge in [-0.1, -0.05) is 0 Å². The number of hydrogen-bond donors (Lipinski definition) is 1. The molecule has 1 aromatic heterocycles. The molecule has 0 bridgehead atoms. The smallest absolute Gasteiger partial charge is 0.353 e. The van der Waals surface area contributed by atoms with Crippen molar-refractivity contribution < 1.29 is 23.9 Å². The van der Waals surface area contributed by atoms with E-state index in [0.29, 0.717) is 13.0 Å². The Bertz CT molecular complexity index is 501. The zero-order chi connectivity index (χ0) is 15.4. The Morgan fingerprint density at radius 2 is 2.43 bits per heavy atom. The number of alkyl halides is 1. The van der Waals surface area contributed by atoms with Gasteiger partial charge < -0.3 is 14.6 Å². The average Bonchev–Trinajstić information content (AvgIpc) is 2.82. The number of aromatic nitrogens is 2. The van der Waals surface area contributed by atoms with Gasteiger partial charge in [-0.05, 0) is 26.2 Å². The van der Waals surface area contributed by atoms with E-state index in [9.17, 15) is 14.5 Å². The van der Waals surface area contributed by atoms with E-state index in [1.54, 1.807) is 0 Å². The van der Waals surface area contributed by atoms with Gasteiger partial charge in [-0.15, -0.1) is 0 Å². The highest BCUT2D eigenvalue weighted by molar-refractivity contribution is 5.46. The van der Waals surface area contributed by atoms with Crippen LogP contribution in [0.3, 0.4) is 0 Å². The lowest BCUT2D eigenvalue weighted by Crippen LogP contribution is -2.23. The highest BCUT2D eigenvalue weighted by atomic mass is 19.1. The van der Waals surface area contributed by atoms with Gasteiger partial charge in [-0.25, -0.2) is 4.39 Å². The monoisotopic (exact) mass is 303 g/mol. The topological polar surface area (TPSA) is 99.7 Å². The van der Waals surface area contributed by atoms with Crippen LogP contribution < -0.4 is 4.74 Å². The molecule has 0 aliphatic carbocycles. The van der Waals surface area contributed by atoms with Gasteiger partial charge in [0.1, 0.15) is 12.3 Å². The summed E-state index contributed by atoms with van der Waals surface area (Å²) in [7, 11) is 0. The van der Waals surface area contributed by atoms with Crippen molar-refractivity contribution in [1.29, 1.82) is 0 Å². The van der Waals surface area contributed by atoms with Crippen LogP contribution in [0.4, 0.5) is 10.1 Å². The van der Waals surface area contributed by atoms with Crippen molar-refractivity contribution in [3.05, 3.63) is 15.8 Å². The minimum atomic E-state index is -1.61. The number of rotatable bonds is 6. The molecular weight excluding hydrogens is 285 g/mol. The van der Waals surface area contributed by atoms with Crippen molar-refractivity contribution in [1.82, 2.24) is 9.78 Å². The second-order valence-electron chi connectivity index (χ2n) is 4.85. The second-order valence-corrected chi connectivity index (χ2v) is 4.85. The Hall–Kier alpha value is -1.74. The first-order valence-electron chi connectivity index (χ1n) is 6.77. The lowest BCUT2D eigenvalue weighted by Gasteiger charge is -2.23. The highest BCUT2D eigenvalue weighted by Gasteiger charge is 2.32. The molecule has 0 amide bonds. The molecule has 2 unspecified atom stereocenters. The number of halogens is 1. The molecule has 1 aromatic rings. The van der Waals surface area contributed by atoms with Crippen molar-refractivity contribution in [3.63, 3.8) is 0 Å². The van der Waals surface area contributed by atoms with Crippen molar-refractivity contribution in [2.45, 2.75) is 38.6 Å². The number of aryl methyl sites for hydroxylation is 1. The van der Waals surface area contributed by atoms with Gasteiger partial charge in [-0.3, -0.25) is 10.1 Å². The average molecular weight is 303 g/mol. The maximum Gasteiger partial charge on any atom is 0.353 e. The van der Waals surface area contributed by atoms with Crippen LogP contribution in [-0.4, -0.2) is 45.8 Å². The normalized spacial score (nSPS) is 20.2. The first-order valence-corrected chi connectivity index (χ1v) is 6.77. The first kappa shape index (κ1) is 15.6. The van der Waals surface area contributed by atoms with Crippen LogP contribution in [0.25, 0.3) is 0 Å². The number of nitrogens with zero attached hydrogens (tertiary/aromatic N) is 3. The third-order valence-corrected chi connectivity index (χ3v) is 3.22. The number of nitro groups is 1. The lowest BCUT2D eigenvalue weighted by atomic mass is 10.2. The summed E-state index contributed by atoms with van der Waals surface area (Å²) in [6, 6.07) is 0. The van der Waals surface area contributed by atoms with E-state index in [0.717, 1.165) is 12.8 Å². The van der Waals surface area contributed by atoms with Gasteiger partial charge in [0.25, 0.3) is 5.88 Å². The van der Waals surface area contributed by atoms with E-state index in [4.69, 9.17) is 14.6 Å². The molecule has 9 heteroatoms. The second kappa shape index (κ2) is 6.81. The van der Waals surface area contributed by atoms with Crippen molar-refractivity contribution in [2.75, 3.05) is 19.8 Å². The lowest BCUT2D eigenvalue weighted by molar-refractivity contribution is -0.386. The summed E-state index contributed by atoms with van der Waals surface area (Å²) < 4.78 is 25.2. The van der Waals surface area contributed by atoms with Gasteiger partial charge in [-0.2, -0.15) is 9.78 Å². The molecule has 0 aromatic carbocycles. The standard InChI is InChI=1S/C12H18FN3O5/c1-8-11(16(18)19)12(21-7-9(13)6-17)15(14-8)10-4-2-3-5-20-10/h9-10,17H,2-7H2,1H3. The minimum Gasteiger partial charge on any atom is -0.470 e. The zero-order valence-electron chi connectivity index (χ0n) is 11.7. The summed E-state index contributed by atoms with van der Waals surface area (Å²) in [6.45, 7) is 0.846. The van der Waals surface area contributed by atoms with Gasteiger partial charge in [0, 0.05) is 6.61 Å². The minimum absolute atomic E-state index is 0.125. The molecule has 1 N–H and O–H groups in total. The molecule has 0 saturated carbocycles.